The molecular weight excluding hydrogens is 258 g/mol. The van der Waals surface area contributed by atoms with Crippen LogP contribution in [0.25, 0.3) is 0 Å². The maximum atomic E-state index is 10.5. The van der Waals surface area contributed by atoms with Crippen molar-refractivity contribution in [3.05, 3.63) is 43.2 Å². The van der Waals surface area contributed by atoms with Crippen molar-refractivity contribution >= 4 is 27.7 Å². The molecule has 0 amide bonds. The van der Waals surface area contributed by atoms with E-state index in [1.54, 1.807) is 17.4 Å². The van der Waals surface area contributed by atoms with Gasteiger partial charge in [0.15, 0.2) is 0 Å². The summed E-state index contributed by atoms with van der Waals surface area (Å²) < 4.78 is 0. The van der Waals surface area contributed by atoms with Crippen LogP contribution in [0.3, 0.4) is 0 Å². The van der Waals surface area contributed by atoms with E-state index in [0.717, 1.165) is 15.6 Å². The van der Waals surface area contributed by atoms with Crippen LogP contribution in [0.15, 0.2) is 17.5 Å². The van der Waals surface area contributed by atoms with Crippen LogP contribution in [-0.4, -0.2) is 9.91 Å². The Morgan fingerprint density at radius 2 is 2.29 bits per heavy atom. The number of aromatic nitrogens is 1. The van der Waals surface area contributed by atoms with Gasteiger partial charge in [0.25, 0.3) is 0 Å². The lowest BCUT2D eigenvalue weighted by molar-refractivity contribution is -0.380. The molecule has 0 fully saturated rings. The molecule has 0 saturated carbocycles. The van der Waals surface area contributed by atoms with Gasteiger partial charge in [0.05, 0.1) is 15.6 Å². The Kier molecular flexibility index (Phi) is 3.82. The van der Waals surface area contributed by atoms with Crippen molar-refractivity contribution in [1.82, 2.24) is 10.3 Å². The van der Waals surface area contributed by atoms with E-state index in [2.05, 4.69) is 10.3 Å². The molecule has 2 aromatic rings. The van der Waals surface area contributed by atoms with Crippen LogP contribution >= 0.6 is 22.7 Å². The Hall–Kier alpha value is -1.31. The third kappa shape index (κ3) is 3.32. The van der Waals surface area contributed by atoms with E-state index in [9.17, 15) is 10.1 Å². The maximum Gasteiger partial charge on any atom is 0.324 e. The van der Waals surface area contributed by atoms with Crippen LogP contribution in [0.1, 0.15) is 15.6 Å². The fourth-order valence-corrected chi connectivity index (χ4v) is 2.77. The fraction of sp³-hybridized carbons (Fsp3) is 0.300. The third-order valence-electron chi connectivity index (χ3n) is 2.10. The normalized spacial score (nSPS) is 10.6. The summed E-state index contributed by atoms with van der Waals surface area (Å²) in [4.78, 5) is 15.4. The molecule has 1 N–H and O–H groups in total. The minimum Gasteiger partial charge on any atom is -0.306 e. The first-order valence-electron chi connectivity index (χ1n) is 5.00. The van der Waals surface area contributed by atoms with Crippen LogP contribution in [0.5, 0.6) is 0 Å². The summed E-state index contributed by atoms with van der Waals surface area (Å²) in [7, 11) is 0. The first-order chi connectivity index (χ1) is 8.15. The van der Waals surface area contributed by atoms with Crippen LogP contribution in [0.2, 0.25) is 0 Å². The van der Waals surface area contributed by atoms with Crippen molar-refractivity contribution in [3.8, 4) is 0 Å². The monoisotopic (exact) mass is 269 g/mol. The molecule has 17 heavy (non-hydrogen) atoms. The molecule has 0 aliphatic heterocycles. The largest absolute Gasteiger partial charge is 0.324 e. The lowest BCUT2D eigenvalue weighted by Crippen LogP contribution is -2.11. The van der Waals surface area contributed by atoms with Crippen molar-refractivity contribution in [2.45, 2.75) is 20.0 Å². The van der Waals surface area contributed by atoms with Gasteiger partial charge in [0.2, 0.25) is 0 Å². The van der Waals surface area contributed by atoms with Gasteiger partial charge in [-0.25, -0.2) is 4.98 Å². The molecule has 90 valence electrons. The molecular formula is C10H11N3O2S2. The highest BCUT2D eigenvalue weighted by molar-refractivity contribution is 7.15. The van der Waals surface area contributed by atoms with Crippen molar-refractivity contribution in [3.63, 3.8) is 0 Å². The van der Waals surface area contributed by atoms with E-state index >= 15 is 0 Å². The lowest BCUT2D eigenvalue weighted by Gasteiger charge is -1.98. The van der Waals surface area contributed by atoms with Crippen LogP contribution in [-0.2, 0) is 13.1 Å². The summed E-state index contributed by atoms with van der Waals surface area (Å²) in [5.74, 6) is 0. The quantitative estimate of drug-likeness (QED) is 0.669. The van der Waals surface area contributed by atoms with E-state index in [1.165, 1.54) is 17.4 Å². The number of thiazole rings is 1. The highest BCUT2D eigenvalue weighted by Crippen LogP contribution is 2.23. The Balaban J connectivity index is 1.83. The van der Waals surface area contributed by atoms with Gasteiger partial charge in [-0.3, -0.25) is 10.1 Å². The number of nitro groups is 1. The van der Waals surface area contributed by atoms with E-state index in [4.69, 9.17) is 0 Å². The highest BCUT2D eigenvalue weighted by Gasteiger charge is 2.09. The number of hydrogen-bond acceptors (Lipinski definition) is 6. The second-order valence-corrected chi connectivity index (χ2v) is 5.67. The summed E-state index contributed by atoms with van der Waals surface area (Å²) in [5, 5.41) is 17.0. The average molecular weight is 269 g/mol. The maximum absolute atomic E-state index is 10.5. The summed E-state index contributed by atoms with van der Waals surface area (Å²) in [5.41, 5.74) is 1.01. The first-order valence-corrected chi connectivity index (χ1v) is 6.69. The van der Waals surface area contributed by atoms with Crippen molar-refractivity contribution in [2.75, 3.05) is 0 Å². The van der Waals surface area contributed by atoms with Gasteiger partial charge in [-0.05, 0) is 13.0 Å². The molecule has 0 unspecified atom stereocenters. The van der Waals surface area contributed by atoms with Gasteiger partial charge in [-0.1, -0.05) is 11.3 Å². The fourth-order valence-electron chi connectivity index (χ4n) is 1.36. The van der Waals surface area contributed by atoms with E-state index < -0.39 is 0 Å². The zero-order chi connectivity index (χ0) is 12.3. The summed E-state index contributed by atoms with van der Waals surface area (Å²) in [6.07, 6.45) is 0. The van der Waals surface area contributed by atoms with Crippen molar-refractivity contribution < 1.29 is 4.92 Å². The second kappa shape index (κ2) is 5.35. The van der Waals surface area contributed by atoms with Gasteiger partial charge in [-0.2, -0.15) is 0 Å². The van der Waals surface area contributed by atoms with Gasteiger partial charge in [0.1, 0.15) is 0 Å². The number of aryl methyl sites for hydroxylation is 1. The highest BCUT2D eigenvalue weighted by atomic mass is 32.1. The zero-order valence-corrected chi connectivity index (χ0v) is 10.8. The molecule has 7 heteroatoms. The molecule has 0 aromatic carbocycles. The number of hydrogen-bond donors (Lipinski definition) is 1. The Morgan fingerprint density at radius 1 is 1.47 bits per heavy atom. The van der Waals surface area contributed by atoms with Crippen molar-refractivity contribution in [1.29, 1.82) is 0 Å². The molecule has 0 bridgehead atoms. The lowest BCUT2D eigenvalue weighted by atomic mass is 10.4. The third-order valence-corrected chi connectivity index (χ3v) is 3.96. The molecule has 0 spiro atoms. The molecule has 2 rings (SSSR count). The number of thiophene rings is 1. The van der Waals surface area contributed by atoms with Crippen LogP contribution in [0.4, 0.5) is 5.00 Å². The van der Waals surface area contributed by atoms with Crippen LogP contribution in [0, 0.1) is 17.0 Å². The van der Waals surface area contributed by atoms with E-state index in [1.807, 2.05) is 12.3 Å². The average Bonchev–Trinajstić information content (AvgIpc) is 2.88. The second-order valence-electron chi connectivity index (χ2n) is 3.46. The summed E-state index contributed by atoms with van der Waals surface area (Å²) in [6.45, 7) is 3.29. The van der Waals surface area contributed by atoms with Gasteiger partial charge < -0.3 is 5.32 Å². The minimum absolute atomic E-state index is 0.186. The molecule has 0 saturated heterocycles. The Labute approximate surface area is 106 Å². The summed E-state index contributed by atoms with van der Waals surface area (Å²) in [6, 6.07) is 3.32. The number of nitrogens with zero attached hydrogens (tertiary/aromatic N) is 2. The van der Waals surface area contributed by atoms with Crippen molar-refractivity contribution in [2.24, 2.45) is 0 Å². The van der Waals surface area contributed by atoms with Gasteiger partial charge in [-0.15, -0.1) is 11.3 Å². The molecule has 0 aliphatic rings. The topological polar surface area (TPSA) is 68.1 Å². The molecule has 0 radical (unpaired) electrons. The smallest absolute Gasteiger partial charge is 0.306 e. The minimum atomic E-state index is -0.363. The Bertz CT molecular complexity index is 521. The zero-order valence-electron chi connectivity index (χ0n) is 9.17. The van der Waals surface area contributed by atoms with Crippen LogP contribution < -0.4 is 5.32 Å². The molecule has 5 nitrogen and oxygen atoms in total. The molecule has 0 atom stereocenters. The summed E-state index contributed by atoms with van der Waals surface area (Å²) >= 11 is 2.82. The molecule has 0 aliphatic carbocycles. The standard InChI is InChI=1S/C10H11N3O2S2/c1-7-12-8(6-16-7)4-11-5-9-2-3-10(17-9)13(14)15/h2-3,6,11H,4-5H2,1H3. The Morgan fingerprint density at radius 3 is 2.88 bits per heavy atom. The number of rotatable bonds is 5. The predicted molar refractivity (Wildman–Crippen MR) is 68.4 cm³/mol. The van der Waals surface area contributed by atoms with Gasteiger partial charge in [0, 0.05) is 29.4 Å². The SMILES string of the molecule is Cc1nc(CNCc2ccc([N+](=O)[O-])s2)cs1. The van der Waals surface area contributed by atoms with E-state index in [-0.39, 0.29) is 9.92 Å². The van der Waals surface area contributed by atoms with E-state index in [0.29, 0.717) is 13.1 Å². The number of nitrogens with one attached hydrogen (secondary N) is 1. The molecule has 2 heterocycles. The molecule has 2 aromatic heterocycles. The first kappa shape index (κ1) is 12.2. The predicted octanol–water partition coefficient (Wildman–Crippen LogP) is 2.71. The van der Waals surface area contributed by atoms with Gasteiger partial charge >= 0.3 is 5.00 Å².